The van der Waals surface area contributed by atoms with Crippen LogP contribution in [0.25, 0.3) is 0 Å². The molecule has 27 heavy (non-hydrogen) atoms. The number of aryl methyl sites for hydroxylation is 2. The molecule has 1 aromatic rings. The highest BCUT2D eigenvalue weighted by atomic mass is 16.5. The van der Waals surface area contributed by atoms with Crippen LogP contribution in [0, 0.1) is 11.3 Å². The van der Waals surface area contributed by atoms with Crippen LogP contribution in [-0.4, -0.2) is 13.2 Å². The van der Waals surface area contributed by atoms with E-state index in [1.54, 1.807) is 0 Å². The van der Waals surface area contributed by atoms with E-state index < -0.39 is 0 Å². The molecule has 0 saturated carbocycles. The van der Waals surface area contributed by atoms with Crippen LogP contribution in [0.2, 0.25) is 0 Å². The quantitative estimate of drug-likeness (QED) is 0.282. The minimum atomic E-state index is 0.388. The molecule has 0 spiro atoms. The Labute approximate surface area is 170 Å². The number of rotatable bonds is 15. The van der Waals surface area contributed by atoms with Gasteiger partial charge in [-0.15, -0.1) is 0 Å². The smallest absolute Gasteiger partial charge is 0.0471 e. The molecule has 0 aliphatic heterocycles. The third kappa shape index (κ3) is 14.9. The highest BCUT2D eigenvalue weighted by Gasteiger charge is 2.08. The molecular weight excluding hydrogens is 328 g/mol. The van der Waals surface area contributed by atoms with Gasteiger partial charge in [0.05, 0.1) is 0 Å². The van der Waals surface area contributed by atoms with Crippen LogP contribution in [0.4, 0.5) is 0 Å². The van der Waals surface area contributed by atoms with Crippen molar-refractivity contribution in [1.29, 1.82) is 0 Å². The van der Waals surface area contributed by atoms with Gasteiger partial charge in [-0.1, -0.05) is 91.0 Å². The van der Waals surface area contributed by atoms with E-state index in [0.29, 0.717) is 5.41 Å². The maximum atomic E-state index is 5.77. The second-order valence-electron chi connectivity index (χ2n) is 9.90. The first-order chi connectivity index (χ1) is 12.9. The number of ether oxygens (including phenoxy) is 1. The van der Waals surface area contributed by atoms with E-state index in [0.717, 1.165) is 25.6 Å². The minimum Gasteiger partial charge on any atom is -0.381 e. The molecular formula is C26H46O. The molecule has 0 unspecified atom stereocenters. The molecule has 1 aromatic carbocycles. The largest absolute Gasteiger partial charge is 0.381 e. The lowest BCUT2D eigenvalue weighted by Gasteiger charge is -2.17. The summed E-state index contributed by atoms with van der Waals surface area (Å²) < 4.78 is 5.77. The summed E-state index contributed by atoms with van der Waals surface area (Å²) in [5.74, 6) is 0.858. The number of hydrogen-bond acceptors (Lipinski definition) is 1. The fourth-order valence-corrected chi connectivity index (χ4v) is 3.37. The maximum absolute atomic E-state index is 5.77. The second-order valence-corrected chi connectivity index (χ2v) is 9.90. The summed E-state index contributed by atoms with van der Waals surface area (Å²) in [6.45, 7) is 13.3. The number of benzene rings is 1. The van der Waals surface area contributed by atoms with Gasteiger partial charge in [0.1, 0.15) is 0 Å². The van der Waals surface area contributed by atoms with Gasteiger partial charge in [0.25, 0.3) is 0 Å². The van der Waals surface area contributed by atoms with Gasteiger partial charge in [-0.05, 0) is 61.0 Å². The predicted octanol–water partition coefficient (Wildman–Crippen LogP) is 8.00. The third-order valence-corrected chi connectivity index (χ3v) is 5.24. The predicted molar refractivity (Wildman–Crippen MR) is 121 cm³/mol. The topological polar surface area (TPSA) is 9.23 Å². The van der Waals surface area contributed by atoms with Crippen molar-refractivity contribution in [2.45, 2.75) is 105 Å². The Bertz CT molecular complexity index is 469. The zero-order chi connectivity index (χ0) is 20.0. The highest BCUT2D eigenvalue weighted by Crippen LogP contribution is 2.18. The van der Waals surface area contributed by atoms with Gasteiger partial charge in [0.2, 0.25) is 0 Å². The molecule has 156 valence electrons. The Kier molecular flexibility index (Phi) is 12.8. The Morgan fingerprint density at radius 2 is 1.37 bits per heavy atom. The lowest BCUT2D eigenvalue weighted by atomic mass is 9.93. The van der Waals surface area contributed by atoms with E-state index in [1.807, 2.05) is 0 Å². The molecule has 0 saturated heterocycles. The zero-order valence-electron chi connectivity index (χ0n) is 19.0. The Hall–Kier alpha value is -0.820. The van der Waals surface area contributed by atoms with E-state index in [1.165, 1.54) is 75.3 Å². The molecule has 1 nitrogen and oxygen atoms in total. The molecule has 0 fully saturated rings. The molecule has 0 heterocycles. The molecule has 0 aliphatic carbocycles. The first-order valence-corrected chi connectivity index (χ1v) is 11.5. The summed E-state index contributed by atoms with van der Waals surface area (Å²) >= 11 is 0. The van der Waals surface area contributed by atoms with Crippen molar-refractivity contribution in [3.05, 3.63) is 35.4 Å². The van der Waals surface area contributed by atoms with Crippen LogP contribution < -0.4 is 0 Å². The molecule has 0 bridgehead atoms. The summed E-state index contributed by atoms with van der Waals surface area (Å²) in [5.41, 5.74) is 3.43. The minimum absolute atomic E-state index is 0.388. The van der Waals surface area contributed by atoms with Crippen molar-refractivity contribution in [2.24, 2.45) is 11.3 Å². The fraction of sp³-hybridized carbons (Fsp3) is 0.769. The Morgan fingerprint density at radius 3 is 1.96 bits per heavy atom. The van der Waals surface area contributed by atoms with E-state index in [4.69, 9.17) is 4.74 Å². The van der Waals surface area contributed by atoms with Crippen LogP contribution in [0.1, 0.15) is 104 Å². The van der Waals surface area contributed by atoms with Gasteiger partial charge >= 0.3 is 0 Å². The van der Waals surface area contributed by atoms with Crippen LogP contribution in [0.3, 0.4) is 0 Å². The normalized spacial score (nSPS) is 12.1. The second kappa shape index (κ2) is 14.2. The van der Waals surface area contributed by atoms with E-state index in [2.05, 4.69) is 58.9 Å². The van der Waals surface area contributed by atoms with Crippen molar-refractivity contribution in [3.63, 3.8) is 0 Å². The third-order valence-electron chi connectivity index (χ3n) is 5.24. The molecule has 0 aromatic heterocycles. The van der Waals surface area contributed by atoms with E-state index in [9.17, 15) is 0 Å². The van der Waals surface area contributed by atoms with Gasteiger partial charge in [0, 0.05) is 13.2 Å². The van der Waals surface area contributed by atoms with Gasteiger partial charge < -0.3 is 4.74 Å². The van der Waals surface area contributed by atoms with Crippen molar-refractivity contribution >= 4 is 0 Å². The van der Waals surface area contributed by atoms with Crippen molar-refractivity contribution in [2.75, 3.05) is 13.2 Å². The molecule has 0 aliphatic rings. The van der Waals surface area contributed by atoms with Crippen LogP contribution >= 0.6 is 0 Å². The van der Waals surface area contributed by atoms with Crippen molar-refractivity contribution in [3.8, 4) is 0 Å². The molecule has 0 amide bonds. The molecule has 0 radical (unpaired) electrons. The Balaban J connectivity index is 2.07. The fourth-order valence-electron chi connectivity index (χ4n) is 3.37. The van der Waals surface area contributed by atoms with Crippen LogP contribution in [-0.2, 0) is 17.6 Å². The average Bonchev–Trinajstić information content (AvgIpc) is 2.59. The first kappa shape index (κ1) is 24.2. The van der Waals surface area contributed by atoms with Gasteiger partial charge in [-0.2, -0.15) is 0 Å². The van der Waals surface area contributed by atoms with E-state index >= 15 is 0 Å². The summed E-state index contributed by atoms with van der Waals surface area (Å²) in [6.07, 6.45) is 14.3. The summed E-state index contributed by atoms with van der Waals surface area (Å²) in [5, 5.41) is 0. The van der Waals surface area contributed by atoms with Crippen molar-refractivity contribution < 1.29 is 4.74 Å². The first-order valence-electron chi connectivity index (χ1n) is 11.5. The average molecular weight is 375 g/mol. The molecule has 1 heteroatoms. The molecule has 0 atom stereocenters. The molecule has 1 rings (SSSR count). The lowest BCUT2D eigenvalue weighted by molar-refractivity contribution is 0.105. The van der Waals surface area contributed by atoms with Gasteiger partial charge in [-0.25, -0.2) is 0 Å². The number of hydrogen-bond donors (Lipinski definition) is 0. The Morgan fingerprint density at radius 1 is 0.778 bits per heavy atom. The van der Waals surface area contributed by atoms with Crippen molar-refractivity contribution in [1.82, 2.24) is 0 Å². The lowest BCUT2D eigenvalue weighted by Crippen LogP contribution is -2.10. The summed E-state index contributed by atoms with van der Waals surface area (Å²) in [6, 6.07) is 9.29. The summed E-state index contributed by atoms with van der Waals surface area (Å²) in [7, 11) is 0. The van der Waals surface area contributed by atoms with Gasteiger partial charge in [0.15, 0.2) is 0 Å². The highest BCUT2D eigenvalue weighted by molar-refractivity contribution is 5.23. The number of unbranched alkanes of at least 4 members (excludes halogenated alkanes) is 5. The monoisotopic (exact) mass is 374 g/mol. The van der Waals surface area contributed by atoms with Crippen LogP contribution in [0.5, 0.6) is 0 Å². The maximum Gasteiger partial charge on any atom is 0.0471 e. The van der Waals surface area contributed by atoms with E-state index in [-0.39, 0.29) is 0 Å². The zero-order valence-corrected chi connectivity index (χ0v) is 19.0. The van der Waals surface area contributed by atoms with Crippen LogP contribution in [0.15, 0.2) is 24.3 Å². The summed E-state index contributed by atoms with van der Waals surface area (Å²) in [4.78, 5) is 0. The molecule has 0 N–H and O–H groups in total. The standard InChI is InChI=1S/C26H46O/c1-23(2)14-9-6-7-10-15-24-17-13-18-25(22-24)16-11-8-12-20-27-21-19-26(3,4)5/h13,17-18,22-23H,6-12,14-16,19-21H2,1-5H3. The van der Waals surface area contributed by atoms with Gasteiger partial charge in [-0.3, -0.25) is 0 Å². The SMILES string of the molecule is CC(C)CCCCCCc1cccc(CCCCCOCCC(C)(C)C)c1.